The van der Waals surface area contributed by atoms with Gasteiger partial charge in [-0.25, -0.2) is 0 Å². The Bertz CT molecular complexity index is 1150. The van der Waals surface area contributed by atoms with Gasteiger partial charge in [-0.1, -0.05) is 12.1 Å². The van der Waals surface area contributed by atoms with E-state index in [1.807, 2.05) is 20.1 Å². The molecule has 7 atom stereocenters. The summed E-state index contributed by atoms with van der Waals surface area (Å²) >= 11 is 1.76. The molecular formula is C28H35NO4S. The summed E-state index contributed by atoms with van der Waals surface area (Å²) in [6, 6.07) is 8.60. The summed E-state index contributed by atoms with van der Waals surface area (Å²) < 4.78 is 13.4. The Morgan fingerprint density at radius 1 is 1.26 bits per heavy atom. The third-order valence-electron chi connectivity index (χ3n) is 10.8. The largest absolute Gasteiger partial charge is 0.504 e. The first-order chi connectivity index (χ1) is 16.3. The number of nitrogens with zero attached hydrogens (tertiary/aromatic N) is 1. The topological polar surface area (TPSA) is 62.2 Å². The van der Waals surface area contributed by atoms with Crippen LogP contribution in [0.15, 0.2) is 29.6 Å². The molecule has 1 aromatic carbocycles. The molecule has 34 heavy (non-hydrogen) atoms. The molecule has 2 N–H and O–H groups in total. The number of ether oxygens (including phenoxy) is 2. The van der Waals surface area contributed by atoms with Crippen LogP contribution in [0.3, 0.4) is 0 Å². The van der Waals surface area contributed by atoms with Gasteiger partial charge in [-0.3, -0.25) is 0 Å². The Balaban J connectivity index is 1.39. The van der Waals surface area contributed by atoms with E-state index < -0.39 is 11.2 Å². The van der Waals surface area contributed by atoms with Crippen molar-refractivity contribution in [3.63, 3.8) is 0 Å². The summed E-state index contributed by atoms with van der Waals surface area (Å²) in [7, 11) is 4.10. The van der Waals surface area contributed by atoms with Gasteiger partial charge in [-0.05, 0) is 88.5 Å². The molecule has 4 bridgehead atoms. The number of piperidine rings is 1. The van der Waals surface area contributed by atoms with Crippen molar-refractivity contribution in [2.75, 3.05) is 20.7 Å². The molecule has 2 spiro atoms. The van der Waals surface area contributed by atoms with Gasteiger partial charge in [0, 0.05) is 40.3 Å². The van der Waals surface area contributed by atoms with E-state index >= 15 is 0 Å². The van der Waals surface area contributed by atoms with Gasteiger partial charge in [0.25, 0.3) is 0 Å². The summed E-state index contributed by atoms with van der Waals surface area (Å²) in [6.07, 6.45) is 6.34. The molecular weight excluding hydrogens is 446 g/mol. The van der Waals surface area contributed by atoms with Crippen molar-refractivity contribution in [3.05, 3.63) is 45.6 Å². The molecule has 3 heterocycles. The predicted molar refractivity (Wildman–Crippen MR) is 132 cm³/mol. The van der Waals surface area contributed by atoms with Crippen molar-refractivity contribution in [2.45, 2.75) is 80.6 Å². The van der Waals surface area contributed by atoms with Crippen molar-refractivity contribution < 1.29 is 19.7 Å². The van der Waals surface area contributed by atoms with Gasteiger partial charge in [-0.2, -0.15) is 0 Å². The molecule has 6 heteroatoms. The lowest BCUT2D eigenvalue weighted by molar-refractivity contribution is -0.301. The lowest BCUT2D eigenvalue weighted by atomic mass is 9.33. The summed E-state index contributed by atoms with van der Waals surface area (Å²) in [6.45, 7) is 3.06. The number of methoxy groups -OCH3 is 1. The minimum absolute atomic E-state index is 0.0224. The molecule has 2 aliphatic heterocycles. The fourth-order valence-electron chi connectivity index (χ4n) is 9.42. The zero-order valence-corrected chi connectivity index (χ0v) is 21.2. The van der Waals surface area contributed by atoms with Gasteiger partial charge in [0.1, 0.15) is 11.7 Å². The van der Waals surface area contributed by atoms with Crippen LogP contribution in [0.2, 0.25) is 0 Å². The maximum atomic E-state index is 12.1. The zero-order valence-electron chi connectivity index (χ0n) is 20.3. The third-order valence-corrected chi connectivity index (χ3v) is 11.8. The van der Waals surface area contributed by atoms with Crippen LogP contribution in [0.1, 0.15) is 55.0 Å². The molecule has 0 radical (unpaired) electrons. The Morgan fingerprint density at radius 2 is 2.12 bits per heavy atom. The fraction of sp³-hybridized carbons (Fsp3) is 0.643. The smallest absolute Gasteiger partial charge is 0.165 e. The third kappa shape index (κ3) is 2.32. The Hall–Kier alpha value is -1.60. The number of thiophene rings is 1. The van der Waals surface area contributed by atoms with Crippen LogP contribution in [0.5, 0.6) is 11.5 Å². The monoisotopic (exact) mass is 481 g/mol. The lowest BCUT2D eigenvalue weighted by Gasteiger charge is -2.74. The highest BCUT2D eigenvalue weighted by Crippen LogP contribution is 2.77. The van der Waals surface area contributed by atoms with E-state index in [0.29, 0.717) is 18.2 Å². The molecule has 0 amide bonds. The average Bonchev–Trinajstić information content (AvgIpc) is 3.48. The molecule has 3 saturated carbocycles. The number of likely N-dealkylation sites (N-methyl/N-ethyl adjacent to an activating group) is 1. The van der Waals surface area contributed by atoms with E-state index in [4.69, 9.17) is 9.47 Å². The standard InChI is InChI=1S/C28H35NO4S/c1-25(31,9-8-18-5-4-14-34-18)20-16-26-10-11-28(20,32-3)24-27(26)12-13-29(2)21(26)15-17-6-7-19(30)23(33-24)22(17)27/h4-7,14,20-21,24,30-31H,8-13,15-16H2,1-3H3/t20?,21?,24?,25?,26?,27-,28?/m0/s1. The van der Waals surface area contributed by atoms with Crippen molar-refractivity contribution in [1.29, 1.82) is 0 Å². The van der Waals surface area contributed by atoms with E-state index in [9.17, 15) is 10.2 Å². The molecule has 5 nitrogen and oxygen atoms in total. The number of hydrogen-bond acceptors (Lipinski definition) is 6. The SMILES string of the molecule is COC12CCC3(CC1C(C)(O)CCc1cccs1)C1Cc4ccc(O)c5c4[C@@]3(CCN1C)C2O5. The van der Waals surface area contributed by atoms with Crippen LogP contribution in [-0.2, 0) is 23.0 Å². The highest BCUT2D eigenvalue weighted by Gasteiger charge is 2.81. The Morgan fingerprint density at radius 3 is 2.88 bits per heavy atom. The predicted octanol–water partition coefficient (Wildman–Crippen LogP) is 4.28. The fourth-order valence-corrected chi connectivity index (χ4v) is 10.1. The van der Waals surface area contributed by atoms with Gasteiger partial charge in [0.2, 0.25) is 0 Å². The zero-order chi connectivity index (χ0) is 23.5. The maximum Gasteiger partial charge on any atom is 0.165 e. The number of phenols is 1. The summed E-state index contributed by atoms with van der Waals surface area (Å²) in [5.41, 5.74) is 1.02. The van der Waals surface area contributed by atoms with E-state index in [2.05, 4.69) is 35.5 Å². The molecule has 2 aromatic rings. The number of likely N-dealkylation sites (tertiary alicyclic amines) is 1. The first kappa shape index (κ1) is 21.7. The minimum atomic E-state index is -0.873. The van der Waals surface area contributed by atoms with Crippen molar-refractivity contribution in [3.8, 4) is 11.5 Å². The Kier molecular flexibility index (Phi) is 4.32. The molecule has 4 fully saturated rings. The average molecular weight is 482 g/mol. The number of rotatable bonds is 5. The number of benzene rings is 1. The van der Waals surface area contributed by atoms with Gasteiger partial charge in [0.05, 0.1) is 5.60 Å². The summed E-state index contributed by atoms with van der Waals surface area (Å²) in [5, 5.41) is 25.1. The second-order valence-electron chi connectivity index (χ2n) is 11.9. The first-order valence-electron chi connectivity index (χ1n) is 12.8. The highest BCUT2D eigenvalue weighted by molar-refractivity contribution is 7.09. The number of aryl methyl sites for hydroxylation is 1. The van der Waals surface area contributed by atoms with Crippen molar-refractivity contribution >= 4 is 11.3 Å². The number of phenolic OH excluding ortho intramolecular Hbond substituents is 1. The number of aliphatic hydroxyl groups is 1. The van der Waals surface area contributed by atoms with Gasteiger partial charge < -0.3 is 24.6 Å². The molecule has 8 rings (SSSR count). The van der Waals surface area contributed by atoms with Crippen LogP contribution in [-0.4, -0.2) is 59.2 Å². The summed E-state index contributed by atoms with van der Waals surface area (Å²) in [5.74, 6) is 0.919. The maximum absolute atomic E-state index is 12.1. The van der Waals surface area contributed by atoms with Crippen molar-refractivity contribution in [2.24, 2.45) is 11.3 Å². The number of hydrogen-bond donors (Lipinski definition) is 2. The second kappa shape index (κ2) is 6.78. The molecule has 1 aromatic heterocycles. The van der Waals surface area contributed by atoms with E-state index in [1.165, 1.54) is 16.0 Å². The van der Waals surface area contributed by atoms with Gasteiger partial charge in [-0.15, -0.1) is 11.3 Å². The normalized spacial score (nSPS) is 41.1. The van der Waals surface area contributed by atoms with Gasteiger partial charge >= 0.3 is 0 Å². The minimum Gasteiger partial charge on any atom is -0.504 e. The molecule has 1 saturated heterocycles. The van der Waals surface area contributed by atoms with Crippen LogP contribution >= 0.6 is 11.3 Å². The summed E-state index contributed by atoms with van der Waals surface area (Å²) in [4.78, 5) is 3.88. The first-order valence-corrected chi connectivity index (χ1v) is 13.7. The van der Waals surface area contributed by atoms with Gasteiger partial charge in [0.15, 0.2) is 11.5 Å². The lowest BCUT2D eigenvalue weighted by Crippen LogP contribution is -2.82. The van der Waals surface area contributed by atoms with E-state index in [0.717, 1.165) is 45.1 Å². The highest BCUT2D eigenvalue weighted by atomic mass is 32.1. The van der Waals surface area contributed by atoms with E-state index in [1.54, 1.807) is 11.3 Å². The van der Waals surface area contributed by atoms with Crippen LogP contribution in [0, 0.1) is 11.3 Å². The molecule has 4 aliphatic carbocycles. The Labute approximate surface area is 205 Å². The van der Waals surface area contributed by atoms with Crippen LogP contribution < -0.4 is 4.74 Å². The number of aromatic hydroxyl groups is 1. The molecule has 6 aliphatic rings. The van der Waals surface area contributed by atoms with E-state index in [-0.39, 0.29) is 28.6 Å². The quantitative estimate of drug-likeness (QED) is 0.668. The second-order valence-corrected chi connectivity index (χ2v) is 12.9. The molecule has 182 valence electrons. The number of fused-ring (bicyclic) bond motifs is 2. The molecule has 6 unspecified atom stereocenters. The van der Waals surface area contributed by atoms with Crippen molar-refractivity contribution in [1.82, 2.24) is 4.90 Å². The van der Waals surface area contributed by atoms with Crippen LogP contribution in [0.25, 0.3) is 0 Å². The van der Waals surface area contributed by atoms with Crippen LogP contribution in [0.4, 0.5) is 0 Å².